The Balaban J connectivity index is 2.51. The highest BCUT2D eigenvalue weighted by atomic mass is 16.6. The van der Waals surface area contributed by atoms with Crippen LogP contribution in [0.1, 0.15) is 10.4 Å². The van der Waals surface area contributed by atoms with Crippen molar-refractivity contribution in [3.8, 4) is 11.8 Å². The van der Waals surface area contributed by atoms with Gasteiger partial charge in [0.05, 0.1) is 4.92 Å². The van der Waals surface area contributed by atoms with Gasteiger partial charge in [-0.2, -0.15) is 4.68 Å². The molecule has 10 heteroatoms. The minimum Gasteiger partial charge on any atom is -0.477 e. The van der Waals surface area contributed by atoms with Gasteiger partial charge in [-0.05, 0) is 16.5 Å². The first kappa shape index (κ1) is 12.4. The zero-order chi connectivity index (χ0) is 14.0. The van der Waals surface area contributed by atoms with Crippen molar-refractivity contribution < 1.29 is 19.6 Å². The molecular formula is C9H7N5O5. The third kappa shape index (κ3) is 2.31. The summed E-state index contributed by atoms with van der Waals surface area (Å²) in [7, 11) is 1.48. The summed E-state index contributed by atoms with van der Waals surface area (Å²) in [6.45, 7) is 0. The van der Waals surface area contributed by atoms with E-state index >= 15 is 0 Å². The number of rotatable bonds is 4. The molecule has 0 fully saturated rings. The van der Waals surface area contributed by atoms with E-state index in [4.69, 9.17) is 9.84 Å². The molecule has 0 aliphatic heterocycles. The molecule has 0 aliphatic rings. The van der Waals surface area contributed by atoms with Crippen molar-refractivity contribution in [1.29, 1.82) is 0 Å². The first-order valence-corrected chi connectivity index (χ1v) is 4.91. The molecule has 0 unspecified atom stereocenters. The highest BCUT2D eigenvalue weighted by Gasteiger charge is 2.25. The number of ether oxygens (including phenoxy) is 1. The molecule has 98 valence electrons. The molecule has 1 aromatic carbocycles. The Hall–Kier alpha value is -3.04. The summed E-state index contributed by atoms with van der Waals surface area (Å²) < 4.78 is 6.33. The summed E-state index contributed by atoms with van der Waals surface area (Å²) in [5, 5.41) is 30.1. The van der Waals surface area contributed by atoms with Crippen LogP contribution >= 0.6 is 0 Å². The highest BCUT2D eigenvalue weighted by Crippen LogP contribution is 2.30. The van der Waals surface area contributed by atoms with Gasteiger partial charge in [-0.25, -0.2) is 4.79 Å². The molecule has 0 saturated carbocycles. The lowest BCUT2D eigenvalue weighted by Gasteiger charge is -2.06. The molecule has 10 nitrogen and oxygen atoms in total. The molecule has 1 N–H and O–H groups in total. The molecule has 0 amide bonds. The second kappa shape index (κ2) is 4.68. The lowest BCUT2D eigenvalue weighted by Crippen LogP contribution is -2.06. The Morgan fingerprint density at radius 2 is 2.26 bits per heavy atom. The molecule has 0 radical (unpaired) electrons. The quantitative estimate of drug-likeness (QED) is 0.627. The van der Waals surface area contributed by atoms with Gasteiger partial charge in [-0.1, -0.05) is 11.2 Å². The van der Waals surface area contributed by atoms with Gasteiger partial charge in [0.2, 0.25) is 0 Å². The first-order valence-electron chi connectivity index (χ1n) is 4.91. The summed E-state index contributed by atoms with van der Waals surface area (Å²) in [5.41, 5.74) is -1.13. The maximum absolute atomic E-state index is 11.1. The number of carboxylic acid groups (broad SMARTS) is 1. The number of aromatic nitrogens is 4. The van der Waals surface area contributed by atoms with E-state index < -0.39 is 22.1 Å². The van der Waals surface area contributed by atoms with E-state index in [0.717, 1.165) is 10.7 Å². The molecule has 0 bridgehead atoms. The van der Waals surface area contributed by atoms with Crippen LogP contribution in [-0.4, -0.2) is 36.2 Å². The molecule has 0 spiro atoms. The van der Waals surface area contributed by atoms with Crippen molar-refractivity contribution >= 4 is 11.7 Å². The van der Waals surface area contributed by atoms with E-state index in [9.17, 15) is 14.9 Å². The normalized spacial score (nSPS) is 10.2. The van der Waals surface area contributed by atoms with E-state index in [2.05, 4.69) is 15.5 Å². The van der Waals surface area contributed by atoms with Gasteiger partial charge in [0.25, 0.3) is 5.69 Å². The Bertz CT molecular complexity index is 652. The van der Waals surface area contributed by atoms with E-state index in [1.165, 1.54) is 19.2 Å². The number of nitro groups is 1. The largest absolute Gasteiger partial charge is 0.477 e. The van der Waals surface area contributed by atoms with Crippen LogP contribution in [0, 0.1) is 10.1 Å². The number of hydrogen-bond donors (Lipinski definition) is 1. The Kier molecular flexibility index (Phi) is 3.06. The molecule has 19 heavy (non-hydrogen) atoms. The van der Waals surface area contributed by atoms with Gasteiger partial charge < -0.3 is 9.84 Å². The Morgan fingerprint density at radius 3 is 2.79 bits per heavy atom. The molecule has 2 aromatic rings. The summed E-state index contributed by atoms with van der Waals surface area (Å²) in [5.74, 6) is -1.68. The summed E-state index contributed by atoms with van der Waals surface area (Å²) in [4.78, 5) is 21.1. The average Bonchev–Trinajstić information content (AvgIpc) is 2.74. The lowest BCUT2D eigenvalue weighted by atomic mass is 10.1. The maximum atomic E-state index is 11.1. The van der Waals surface area contributed by atoms with E-state index in [1.807, 2.05) is 0 Å². The third-order valence-electron chi connectivity index (χ3n) is 2.20. The third-order valence-corrected chi connectivity index (χ3v) is 2.20. The molecule has 0 saturated heterocycles. The minimum atomic E-state index is -1.47. The van der Waals surface area contributed by atoms with Crippen molar-refractivity contribution in [3.63, 3.8) is 0 Å². The molecule has 0 aliphatic carbocycles. The van der Waals surface area contributed by atoms with Crippen LogP contribution in [0.4, 0.5) is 5.69 Å². The highest BCUT2D eigenvalue weighted by molar-refractivity contribution is 5.95. The van der Waals surface area contributed by atoms with Crippen molar-refractivity contribution in [2.75, 3.05) is 0 Å². The van der Waals surface area contributed by atoms with Gasteiger partial charge in [0.15, 0.2) is 11.3 Å². The molecule has 1 aromatic heterocycles. The second-order valence-corrected chi connectivity index (χ2v) is 3.40. The first-order chi connectivity index (χ1) is 9.00. The smallest absolute Gasteiger partial charge is 0.346 e. The molecule has 2 rings (SSSR count). The van der Waals surface area contributed by atoms with E-state index in [-0.39, 0.29) is 11.8 Å². The van der Waals surface area contributed by atoms with Crippen LogP contribution in [-0.2, 0) is 7.05 Å². The van der Waals surface area contributed by atoms with E-state index in [1.54, 1.807) is 0 Å². The number of aryl methyl sites for hydroxylation is 1. The maximum Gasteiger partial charge on any atom is 0.346 e. The van der Waals surface area contributed by atoms with Crippen molar-refractivity contribution in [2.45, 2.75) is 0 Å². The lowest BCUT2D eigenvalue weighted by molar-refractivity contribution is -0.385. The number of aromatic carboxylic acids is 1. The SMILES string of the molecule is Cn1nnnc1Oc1cccc([N+](=O)[O-])c1C(=O)O. The van der Waals surface area contributed by atoms with Crippen LogP contribution in [0.25, 0.3) is 0 Å². The summed E-state index contributed by atoms with van der Waals surface area (Å²) >= 11 is 0. The van der Waals surface area contributed by atoms with Gasteiger partial charge in [-0.3, -0.25) is 10.1 Å². The second-order valence-electron chi connectivity index (χ2n) is 3.40. The number of nitrogens with zero attached hydrogens (tertiary/aromatic N) is 5. The van der Waals surface area contributed by atoms with Gasteiger partial charge in [-0.15, -0.1) is 0 Å². The standard InChI is InChI=1S/C9H7N5O5/c1-13-9(10-11-12-13)19-6-4-2-3-5(14(17)18)7(6)8(15)16/h2-4H,1H3,(H,15,16). The predicted molar refractivity (Wildman–Crippen MR) is 58.9 cm³/mol. The molecular weight excluding hydrogens is 258 g/mol. The number of carbonyl (C=O) groups is 1. The number of tetrazole rings is 1. The minimum absolute atomic E-state index is 0.0806. The average molecular weight is 265 g/mol. The zero-order valence-electron chi connectivity index (χ0n) is 9.55. The van der Waals surface area contributed by atoms with Gasteiger partial charge in [0.1, 0.15) is 0 Å². The number of carboxylic acids is 1. The molecule has 1 heterocycles. The number of benzene rings is 1. The molecule has 0 atom stereocenters. The van der Waals surface area contributed by atoms with Crippen LogP contribution < -0.4 is 4.74 Å². The Morgan fingerprint density at radius 1 is 1.53 bits per heavy atom. The van der Waals surface area contributed by atoms with Gasteiger partial charge >= 0.3 is 12.0 Å². The summed E-state index contributed by atoms with van der Waals surface area (Å²) in [6, 6.07) is 3.59. The fraction of sp³-hybridized carbons (Fsp3) is 0.111. The topological polar surface area (TPSA) is 133 Å². The fourth-order valence-electron chi connectivity index (χ4n) is 1.38. The number of nitro benzene ring substituents is 1. The van der Waals surface area contributed by atoms with Crippen molar-refractivity contribution in [3.05, 3.63) is 33.9 Å². The van der Waals surface area contributed by atoms with Crippen LogP contribution in [0.3, 0.4) is 0 Å². The van der Waals surface area contributed by atoms with Gasteiger partial charge in [0, 0.05) is 13.1 Å². The summed E-state index contributed by atoms with van der Waals surface area (Å²) in [6.07, 6.45) is 0. The fourth-order valence-corrected chi connectivity index (χ4v) is 1.38. The monoisotopic (exact) mass is 265 g/mol. The van der Waals surface area contributed by atoms with Crippen molar-refractivity contribution in [1.82, 2.24) is 20.2 Å². The zero-order valence-corrected chi connectivity index (χ0v) is 9.55. The van der Waals surface area contributed by atoms with Crippen LogP contribution in [0.15, 0.2) is 18.2 Å². The van der Waals surface area contributed by atoms with Crippen molar-refractivity contribution in [2.24, 2.45) is 7.05 Å². The Labute approximate surface area is 105 Å². The van der Waals surface area contributed by atoms with Crippen LogP contribution in [0.2, 0.25) is 0 Å². The van der Waals surface area contributed by atoms with Crippen LogP contribution in [0.5, 0.6) is 11.8 Å². The van der Waals surface area contributed by atoms with E-state index in [0.29, 0.717) is 0 Å². The predicted octanol–water partition coefficient (Wildman–Crippen LogP) is 0.609. The number of hydrogen-bond acceptors (Lipinski definition) is 7.